The topological polar surface area (TPSA) is 91.6 Å². The van der Waals surface area contributed by atoms with Gasteiger partial charge < -0.3 is 19.9 Å². The molecule has 10 heteroatoms. The monoisotopic (exact) mass is 691 g/mol. The number of halogens is 3. The van der Waals surface area contributed by atoms with E-state index in [2.05, 4.69) is 36.2 Å². The van der Waals surface area contributed by atoms with Crippen molar-refractivity contribution >= 4 is 11.9 Å². The summed E-state index contributed by atoms with van der Waals surface area (Å²) in [5.41, 5.74) is 5.55. The molecule has 2 aliphatic carbocycles. The van der Waals surface area contributed by atoms with Gasteiger partial charge in [0.05, 0.1) is 18.0 Å². The Balaban J connectivity index is 1.37. The van der Waals surface area contributed by atoms with Crippen molar-refractivity contribution < 1.29 is 27.9 Å². The van der Waals surface area contributed by atoms with E-state index in [0.29, 0.717) is 43.6 Å². The number of amides is 1. The van der Waals surface area contributed by atoms with E-state index in [4.69, 9.17) is 0 Å². The number of nitrogens with zero attached hydrogens (tertiary/aromatic N) is 2. The van der Waals surface area contributed by atoms with Crippen LogP contribution in [0.15, 0.2) is 47.4 Å². The van der Waals surface area contributed by atoms with Gasteiger partial charge in [-0.05, 0) is 141 Å². The van der Waals surface area contributed by atoms with Gasteiger partial charge in [-0.15, -0.1) is 0 Å². The molecule has 3 aromatic rings. The second-order valence-corrected chi connectivity index (χ2v) is 15.1. The number of rotatable bonds is 11. The third-order valence-electron chi connectivity index (χ3n) is 10.9. The van der Waals surface area contributed by atoms with Crippen molar-refractivity contribution in [2.75, 3.05) is 13.1 Å². The molecule has 0 unspecified atom stereocenters. The smallest absolute Gasteiger partial charge is 0.416 e. The Morgan fingerprint density at radius 2 is 1.68 bits per heavy atom. The third kappa shape index (κ3) is 7.70. The molecule has 2 aromatic carbocycles. The number of aryl methyl sites for hydroxylation is 3. The van der Waals surface area contributed by atoms with Crippen LogP contribution in [0.1, 0.15) is 116 Å². The van der Waals surface area contributed by atoms with E-state index in [9.17, 15) is 32.7 Å². The van der Waals surface area contributed by atoms with E-state index in [1.807, 2.05) is 32.0 Å². The average Bonchev–Trinajstić information content (AvgIpc) is 3.79. The lowest BCUT2D eigenvalue weighted by molar-refractivity contribution is -0.139. The number of pyridine rings is 1. The lowest BCUT2D eigenvalue weighted by atomic mass is 9.86. The number of carboxylic acid groups (broad SMARTS) is 1. The van der Waals surface area contributed by atoms with E-state index in [-0.39, 0.29) is 17.9 Å². The number of carboxylic acids is 1. The Morgan fingerprint density at radius 3 is 2.28 bits per heavy atom. The Kier molecular flexibility index (Phi) is 10.3. The summed E-state index contributed by atoms with van der Waals surface area (Å²) < 4.78 is 44.3. The first-order valence-corrected chi connectivity index (χ1v) is 18.0. The second-order valence-electron chi connectivity index (χ2n) is 15.1. The van der Waals surface area contributed by atoms with E-state index in [1.165, 1.54) is 11.8 Å². The molecule has 6 rings (SSSR count). The number of aliphatic carboxylic acids is 1. The largest absolute Gasteiger partial charge is 0.481 e. The van der Waals surface area contributed by atoms with Gasteiger partial charge in [0.1, 0.15) is 6.04 Å². The molecule has 268 valence electrons. The molecular formula is C40H48F3N3O4. The van der Waals surface area contributed by atoms with Crippen molar-refractivity contribution in [1.82, 2.24) is 14.8 Å². The first-order valence-electron chi connectivity index (χ1n) is 18.0. The zero-order valence-corrected chi connectivity index (χ0v) is 29.4. The van der Waals surface area contributed by atoms with Crippen molar-refractivity contribution in [2.24, 2.45) is 5.92 Å². The minimum Gasteiger partial charge on any atom is -0.481 e. The van der Waals surface area contributed by atoms with Crippen LogP contribution in [0.2, 0.25) is 0 Å². The van der Waals surface area contributed by atoms with Crippen LogP contribution in [-0.4, -0.2) is 45.6 Å². The number of hydrogen-bond acceptors (Lipinski definition) is 4. The summed E-state index contributed by atoms with van der Waals surface area (Å²) in [5, 5.41) is 13.0. The number of carbonyl (C=O) groups is 2. The van der Waals surface area contributed by atoms with Crippen molar-refractivity contribution in [1.29, 1.82) is 0 Å². The van der Waals surface area contributed by atoms with Gasteiger partial charge >= 0.3 is 12.1 Å². The van der Waals surface area contributed by atoms with Gasteiger partial charge in [-0.1, -0.05) is 38.1 Å². The summed E-state index contributed by atoms with van der Waals surface area (Å²) in [4.78, 5) is 42.4. The maximum absolute atomic E-state index is 14.4. The number of nitrogens with one attached hydrogen (secondary N) is 1. The van der Waals surface area contributed by atoms with Gasteiger partial charge in [0.2, 0.25) is 5.91 Å². The average molecular weight is 692 g/mol. The minimum atomic E-state index is -4.72. The number of benzene rings is 2. The van der Waals surface area contributed by atoms with Crippen LogP contribution < -0.4 is 10.9 Å². The third-order valence-corrected chi connectivity index (χ3v) is 10.9. The quantitative estimate of drug-likeness (QED) is 0.213. The fourth-order valence-electron chi connectivity index (χ4n) is 8.28. The first kappa shape index (κ1) is 35.9. The van der Waals surface area contributed by atoms with Gasteiger partial charge in [0, 0.05) is 18.3 Å². The predicted octanol–water partition coefficient (Wildman–Crippen LogP) is 7.90. The number of alkyl halides is 3. The number of fused-ring (bicyclic) bond motifs is 1. The summed E-state index contributed by atoms with van der Waals surface area (Å²) >= 11 is 0. The molecule has 3 aliphatic rings. The summed E-state index contributed by atoms with van der Waals surface area (Å²) in [6, 6.07) is 9.21. The van der Waals surface area contributed by atoms with E-state index in [1.54, 1.807) is 0 Å². The predicted molar refractivity (Wildman–Crippen MR) is 187 cm³/mol. The number of aromatic nitrogens is 1. The minimum absolute atomic E-state index is 0.0491. The van der Waals surface area contributed by atoms with Gasteiger partial charge in [-0.25, -0.2) is 0 Å². The molecular weight excluding hydrogens is 643 g/mol. The van der Waals surface area contributed by atoms with Crippen molar-refractivity contribution in [3.63, 3.8) is 0 Å². The number of likely N-dealkylation sites (tertiary alicyclic amines) is 1. The highest BCUT2D eigenvalue weighted by atomic mass is 19.4. The van der Waals surface area contributed by atoms with Crippen LogP contribution >= 0.6 is 0 Å². The fraction of sp³-hybridized carbons (Fsp3) is 0.525. The molecule has 1 saturated heterocycles. The normalized spacial score (nSPS) is 18.2. The highest BCUT2D eigenvalue weighted by molar-refractivity contribution is 5.82. The summed E-state index contributed by atoms with van der Waals surface area (Å²) in [6.07, 6.45) is 2.40. The molecule has 7 nitrogen and oxygen atoms in total. The van der Waals surface area contributed by atoms with Crippen molar-refractivity contribution in [3.8, 4) is 11.1 Å². The standard InChI is InChI=1S/C40H48F3N3O4/c1-23(2)17-35(46-22-32(33(20-36(46)47)40(41,42)43)26-13-15-45(16-14-26)29-11-12-29)39(50)44-34(21-37(48)49)28-18-27-9-6-10-30(27)31(19-28)38-24(3)7-5-8-25(38)4/h5,7-8,18-20,22-23,26,29,34-35H,6,9-17,21H2,1-4H3,(H,44,50)(H,48,49)/t34-,35-/m1/s1. The zero-order valence-electron chi connectivity index (χ0n) is 29.4. The van der Waals surface area contributed by atoms with Gasteiger partial charge in [-0.2, -0.15) is 13.2 Å². The number of carbonyl (C=O) groups excluding carboxylic acids is 1. The molecule has 2 heterocycles. The van der Waals surface area contributed by atoms with Crippen LogP contribution in [0.5, 0.6) is 0 Å². The maximum Gasteiger partial charge on any atom is 0.416 e. The lowest BCUT2D eigenvalue weighted by Crippen LogP contribution is -2.41. The molecule has 2 N–H and O–H groups in total. The molecule has 1 amide bonds. The molecule has 0 bridgehead atoms. The Labute approximate surface area is 291 Å². The molecule has 0 radical (unpaired) electrons. The van der Waals surface area contributed by atoms with Gasteiger partial charge in [0.25, 0.3) is 5.56 Å². The van der Waals surface area contributed by atoms with Gasteiger partial charge in [0.15, 0.2) is 0 Å². The number of piperidine rings is 1. The molecule has 2 atom stereocenters. The molecule has 0 spiro atoms. The summed E-state index contributed by atoms with van der Waals surface area (Å²) in [5.74, 6) is -2.17. The van der Waals surface area contributed by atoms with Crippen LogP contribution in [0.3, 0.4) is 0 Å². The number of hydrogen-bond donors (Lipinski definition) is 2. The highest BCUT2D eigenvalue weighted by Crippen LogP contribution is 2.41. The Morgan fingerprint density at radius 1 is 1.00 bits per heavy atom. The molecule has 1 aromatic heterocycles. The van der Waals surface area contributed by atoms with Crippen molar-refractivity contribution in [2.45, 2.75) is 116 Å². The zero-order chi connectivity index (χ0) is 35.9. The first-order chi connectivity index (χ1) is 23.7. The maximum atomic E-state index is 14.4. The molecule has 50 heavy (non-hydrogen) atoms. The summed E-state index contributed by atoms with van der Waals surface area (Å²) in [6.45, 7) is 9.27. The SMILES string of the molecule is Cc1cccc(C)c1-c1cc([C@@H](CC(=O)O)NC(=O)[C@@H](CC(C)C)n2cc(C3CCN(C4CC4)CC3)c(C(F)(F)F)cc2=O)cc2c1CCC2. The van der Waals surface area contributed by atoms with Crippen molar-refractivity contribution in [3.05, 3.63) is 91.9 Å². The second kappa shape index (κ2) is 14.4. The highest BCUT2D eigenvalue weighted by Gasteiger charge is 2.40. The lowest BCUT2D eigenvalue weighted by Gasteiger charge is -2.34. The van der Waals surface area contributed by atoms with Gasteiger partial charge in [-0.3, -0.25) is 14.4 Å². The Hall–Kier alpha value is -3.92. The van der Waals surface area contributed by atoms with Crippen LogP contribution in [0.25, 0.3) is 11.1 Å². The molecule has 1 saturated carbocycles. The summed E-state index contributed by atoms with van der Waals surface area (Å²) in [7, 11) is 0. The van der Waals surface area contributed by atoms with E-state index in [0.717, 1.165) is 64.5 Å². The van der Waals surface area contributed by atoms with Crippen LogP contribution in [-0.2, 0) is 28.6 Å². The van der Waals surface area contributed by atoms with Crippen LogP contribution in [0, 0.1) is 19.8 Å². The fourth-order valence-corrected chi connectivity index (χ4v) is 8.28. The molecule has 2 fully saturated rings. The van der Waals surface area contributed by atoms with E-state index < -0.39 is 53.6 Å². The molecule has 1 aliphatic heterocycles. The van der Waals surface area contributed by atoms with Crippen LogP contribution in [0.4, 0.5) is 13.2 Å². The Bertz CT molecular complexity index is 1800. The van der Waals surface area contributed by atoms with E-state index >= 15 is 0 Å².